The first-order chi connectivity index (χ1) is 7.98. The summed E-state index contributed by atoms with van der Waals surface area (Å²) in [7, 11) is 0. The molecule has 3 heteroatoms. The molecule has 0 radical (unpaired) electrons. The molecule has 1 aromatic carbocycles. The maximum absolute atomic E-state index is 10.6. The Morgan fingerprint density at radius 3 is 2.94 bits per heavy atom. The molecular formula is C14H18O3. The Morgan fingerprint density at radius 1 is 1.47 bits per heavy atom. The van der Waals surface area contributed by atoms with Crippen molar-refractivity contribution in [3.8, 4) is 5.75 Å². The minimum atomic E-state index is -0.766. The van der Waals surface area contributed by atoms with E-state index in [-0.39, 0.29) is 12.0 Å². The molecule has 3 nitrogen and oxygen atoms in total. The quantitative estimate of drug-likeness (QED) is 0.874. The molecule has 1 aliphatic heterocycles. The third-order valence-electron chi connectivity index (χ3n) is 3.16. The first-order valence-electron chi connectivity index (χ1n) is 5.99. The number of hydrogen-bond donors (Lipinski definition) is 1. The number of benzene rings is 1. The number of hydrogen-bond acceptors (Lipinski definition) is 2. The van der Waals surface area contributed by atoms with E-state index < -0.39 is 5.97 Å². The van der Waals surface area contributed by atoms with Gasteiger partial charge in [0.25, 0.3) is 0 Å². The second kappa shape index (κ2) is 4.40. The summed E-state index contributed by atoms with van der Waals surface area (Å²) in [5.74, 6) is 0.141. The van der Waals surface area contributed by atoms with Crippen molar-refractivity contribution in [3.63, 3.8) is 0 Å². The van der Waals surface area contributed by atoms with Crippen molar-refractivity contribution in [2.75, 3.05) is 0 Å². The number of carbonyl (C=O) groups is 1. The fraction of sp³-hybridized carbons (Fsp3) is 0.500. The maximum Gasteiger partial charge on any atom is 0.303 e. The number of carboxylic acid groups (broad SMARTS) is 1. The minimum Gasteiger partial charge on any atom is -0.487 e. The van der Waals surface area contributed by atoms with Gasteiger partial charge in [0.2, 0.25) is 0 Å². The van der Waals surface area contributed by atoms with E-state index in [2.05, 4.69) is 19.9 Å². The van der Waals surface area contributed by atoms with Crippen molar-refractivity contribution < 1.29 is 14.6 Å². The lowest BCUT2D eigenvalue weighted by Gasteiger charge is -2.33. The molecule has 0 spiro atoms. The molecule has 1 N–H and O–H groups in total. The van der Waals surface area contributed by atoms with Crippen LogP contribution in [0.4, 0.5) is 0 Å². The van der Waals surface area contributed by atoms with E-state index in [1.165, 1.54) is 5.56 Å². The largest absolute Gasteiger partial charge is 0.487 e. The van der Waals surface area contributed by atoms with Gasteiger partial charge in [-0.15, -0.1) is 0 Å². The molecule has 2 rings (SSSR count). The number of aliphatic carboxylic acids is 1. The van der Waals surface area contributed by atoms with Crippen LogP contribution in [0.5, 0.6) is 5.75 Å². The van der Waals surface area contributed by atoms with Gasteiger partial charge in [0, 0.05) is 6.42 Å². The van der Waals surface area contributed by atoms with Gasteiger partial charge < -0.3 is 9.84 Å². The molecule has 0 amide bonds. The van der Waals surface area contributed by atoms with Crippen LogP contribution in [0.25, 0.3) is 0 Å². The van der Waals surface area contributed by atoms with E-state index in [0.717, 1.165) is 24.2 Å². The van der Waals surface area contributed by atoms with Crippen LogP contribution in [0, 0.1) is 0 Å². The van der Waals surface area contributed by atoms with Gasteiger partial charge in [0.15, 0.2) is 0 Å². The molecule has 0 atom stereocenters. The second-order valence-electron chi connectivity index (χ2n) is 5.16. The molecule has 0 bridgehead atoms. The van der Waals surface area contributed by atoms with Crippen LogP contribution in [0.2, 0.25) is 0 Å². The molecule has 0 aromatic heterocycles. The Kier molecular flexibility index (Phi) is 3.09. The Labute approximate surface area is 101 Å². The van der Waals surface area contributed by atoms with Gasteiger partial charge in [-0.25, -0.2) is 0 Å². The van der Waals surface area contributed by atoms with Gasteiger partial charge in [-0.3, -0.25) is 4.79 Å². The fourth-order valence-electron chi connectivity index (χ4n) is 2.17. The zero-order valence-electron chi connectivity index (χ0n) is 10.3. The summed E-state index contributed by atoms with van der Waals surface area (Å²) >= 11 is 0. The van der Waals surface area contributed by atoms with Crippen molar-refractivity contribution in [2.45, 2.75) is 45.1 Å². The molecular weight excluding hydrogens is 216 g/mol. The Morgan fingerprint density at radius 2 is 2.24 bits per heavy atom. The maximum atomic E-state index is 10.6. The predicted octanol–water partition coefficient (Wildman–Crippen LogP) is 2.81. The van der Waals surface area contributed by atoms with Crippen molar-refractivity contribution in [2.24, 2.45) is 0 Å². The van der Waals surface area contributed by atoms with Crippen molar-refractivity contribution in [1.29, 1.82) is 0 Å². The third-order valence-corrected chi connectivity index (χ3v) is 3.16. The van der Waals surface area contributed by atoms with Crippen molar-refractivity contribution in [3.05, 3.63) is 29.3 Å². The highest BCUT2D eigenvalue weighted by Crippen LogP contribution is 2.36. The van der Waals surface area contributed by atoms with E-state index in [0.29, 0.717) is 6.42 Å². The number of para-hydroxylation sites is 1. The smallest absolute Gasteiger partial charge is 0.303 e. The third kappa shape index (κ3) is 2.78. The zero-order valence-corrected chi connectivity index (χ0v) is 10.3. The molecule has 92 valence electrons. The summed E-state index contributed by atoms with van der Waals surface area (Å²) in [5.41, 5.74) is 2.07. The number of ether oxygens (including phenoxy) is 1. The molecule has 0 unspecified atom stereocenters. The van der Waals surface area contributed by atoms with Gasteiger partial charge in [-0.05, 0) is 44.2 Å². The summed E-state index contributed by atoms with van der Waals surface area (Å²) in [6.07, 6.45) is 2.69. The molecule has 0 saturated heterocycles. The highest BCUT2D eigenvalue weighted by Gasteiger charge is 2.27. The average Bonchev–Trinajstić information content (AvgIpc) is 2.25. The van der Waals surface area contributed by atoms with E-state index >= 15 is 0 Å². The summed E-state index contributed by atoms with van der Waals surface area (Å²) < 4.78 is 5.99. The zero-order chi connectivity index (χ0) is 12.5. The molecule has 17 heavy (non-hydrogen) atoms. The molecule has 0 saturated carbocycles. The Hall–Kier alpha value is -1.51. The van der Waals surface area contributed by atoms with Gasteiger partial charge in [-0.2, -0.15) is 0 Å². The van der Waals surface area contributed by atoms with E-state index in [1.807, 2.05) is 12.1 Å². The van der Waals surface area contributed by atoms with E-state index in [1.54, 1.807) is 0 Å². The van der Waals surface area contributed by atoms with Crippen LogP contribution < -0.4 is 4.74 Å². The number of rotatable bonds is 3. The molecule has 0 fully saturated rings. The fourth-order valence-corrected chi connectivity index (χ4v) is 2.17. The first-order valence-corrected chi connectivity index (χ1v) is 5.99. The minimum absolute atomic E-state index is 0.147. The van der Waals surface area contributed by atoms with E-state index in [4.69, 9.17) is 9.84 Å². The lowest BCUT2D eigenvalue weighted by atomic mass is 9.92. The second-order valence-corrected chi connectivity index (χ2v) is 5.16. The van der Waals surface area contributed by atoms with Gasteiger partial charge >= 0.3 is 5.97 Å². The van der Waals surface area contributed by atoms with Crippen LogP contribution in [-0.4, -0.2) is 16.7 Å². The van der Waals surface area contributed by atoms with Crippen LogP contribution >= 0.6 is 0 Å². The summed E-state index contributed by atoms with van der Waals surface area (Å²) in [4.78, 5) is 10.6. The summed E-state index contributed by atoms with van der Waals surface area (Å²) in [5, 5.41) is 8.74. The van der Waals surface area contributed by atoms with Crippen molar-refractivity contribution in [1.82, 2.24) is 0 Å². The van der Waals surface area contributed by atoms with Crippen LogP contribution in [0.1, 0.15) is 37.8 Å². The number of fused-ring (bicyclic) bond motifs is 1. The van der Waals surface area contributed by atoms with Crippen LogP contribution in [0.15, 0.2) is 18.2 Å². The van der Waals surface area contributed by atoms with Crippen molar-refractivity contribution >= 4 is 5.97 Å². The number of aryl methyl sites for hydroxylation is 2. The monoisotopic (exact) mass is 234 g/mol. The van der Waals surface area contributed by atoms with Crippen LogP contribution in [-0.2, 0) is 17.6 Å². The van der Waals surface area contributed by atoms with E-state index in [9.17, 15) is 4.79 Å². The standard InChI is InChI=1S/C14H18O3/c1-14(2)9-8-11-5-3-4-10(13(11)17-14)6-7-12(15)16/h3-5H,6-9H2,1-2H3,(H,15,16). The predicted molar refractivity (Wildman–Crippen MR) is 65.4 cm³/mol. The summed E-state index contributed by atoms with van der Waals surface area (Å²) in [6, 6.07) is 6.01. The highest BCUT2D eigenvalue weighted by molar-refractivity contribution is 5.67. The van der Waals surface area contributed by atoms with Crippen LogP contribution in [0.3, 0.4) is 0 Å². The molecule has 0 aliphatic carbocycles. The topological polar surface area (TPSA) is 46.5 Å². The highest BCUT2D eigenvalue weighted by atomic mass is 16.5. The Balaban J connectivity index is 2.26. The first kappa shape index (κ1) is 12.0. The number of carboxylic acids is 1. The summed E-state index contributed by atoms with van der Waals surface area (Å²) in [6.45, 7) is 4.15. The van der Waals surface area contributed by atoms with Gasteiger partial charge in [0.1, 0.15) is 11.4 Å². The normalized spacial score (nSPS) is 17.1. The molecule has 1 heterocycles. The van der Waals surface area contributed by atoms with Gasteiger partial charge in [-0.1, -0.05) is 18.2 Å². The Bertz CT molecular complexity index is 435. The molecule has 1 aliphatic rings. The molecule has 1 aromatic rings. The van der Waals surface area contributed by atoms with Gasteiger partial charge in [0.05, 0.1) is 0 Å². The average molecular weight is 234 g/mol. The lowest BCUT2D eigenvalue weighted by Crippen LogP contribution is -2.33. The SMILES string of the molecule is CC1(C)CCc2cccc(CCC(=O)O)c2O1. The lowest BCUT2D eigenvalue weighted by molar-refractivity contribution is -0.136.